The number of aromatic nitrogens is 1. The molecule has 0 unspecified atom stereocenters. The number of anilines is 1. The second-order valence-electron chi connectivity index (χ2n) is 3.21. The molecule has 0 aliphatic carbocycles. The molecule has 2 N–H and O–H groups in total. The average molecular weight is 239 g/mol. The van der Waals surface area contributed by atoms with Gasteiger partial charge in [-0.25, -0.2) is 4.98 Å². The summed E-state index contributed by atoms with van der Waals surface area (Å²) in [7, 11) is 0. The molecule has 0 aromatic carbocycles. The van der Waals surface area contributed by atoms with Crippen molar-refractivity contribution in [3.8, 4) is 0 Å². The summed E-state index contributed by atoms with van der Waals surface area (Å²) < 4.78 is 0. The molecule has 0 saturated carbocycles. The molecule has 0 aliphatic heterocycles. The van der Waals surface area contributed by atoms with Crippen LogP contribution in [0.25, 0.3) is 0 Å². The molecular formula is C11H17N3OS. The summed E-state index contributed by atoms with van der Waals surface area (Å²) in [4.78, 5) is 15.8. The molecule has 1 rings (SSSR count). The Kier molecular flexibility index (Phi) is 5.71. The van der Waals surface area contributed by atoms with Crippen molar-refractivity contribution in [2.75, 3.05) is 30.4 Å². The summed E-state index contributed by atoms with van der Waals surface area (Å²) >= 11 is 1.71. The van der Waals surface area contributed by atoms with Crippen LogP contribution in [0.4, 0.5) is 5.82 Å². The number of nitrogens with one attached hydrogen (secondary N) is 2. The van der Waals surface area contributed by atoms with Crippen LogP contribution in [0.5, 0.6) is 0 Å². The minimum atomic E-state index is -0.0457. The van der Waals surface area contributed by atoms with Gasteiger partial charge in [-0.1, -0.05) is 0 Å². The average Bonchev–Trinajstić information content (AvgIpc) is 2.30. The highest BCUT2D eigenvalue weighted by atomic mass is 32.2. The number of nitrogens with zero attached hydrogens (tertiary/aromatic N) is 1. The first kappa shape index (κ1) is 12.8. The number of hydrogen-bond acceptors (Lipinski definition) is 4. The van der Waals surface area contributed by atoms with Gasteiger partial charge in [-0.2, -0.15) is 11.8 Å². The molecule has 0 atom stereocenters. The summed E-state index contributed by atoms with van der Waals surface area (Å²) in [6.45, 7) is 3.48. The minimum Gasteiger partial charge on any atom is -0.370 e. The van der Waals surface area contributed by atoms with Gasteiger partial charge in [0.05, 0.1) is 0 Å². The number of thioether (sulfide) groups is 1. The Morgan fingerprint density at radius 2 is 2.38 bits per heavy atom. The predicted octanol–water partition coefficient (Wildman–Crippen LogP) is 1.61. The van der Waals surface area contributed by atoms with E-state index in [1.807, 2.05) is 13.2 Å². The zero-order chi connectivity index (χ0) is 11.8. The zero-order valence-electron chi connectivity index (χ0n) is 9.62. The summed E-state index contributed by atoms with van der Waals surface area (Å²) in [5, 5.41) is 5.93. The lowest BCUT2D eigenvalue weighted by Crippen LogP contribution is -2.25. The molecule has 1 amide bonds. The number of carbonyl (C=O) groups excluding carboxylic acids is 1. The molecule has 88 valence electrons. The topological polar surface area (TPSA) is 54.0 Å². The van der Waals surface area contributed by atoms with Crippen molar-refractivity contribution in [1.29, 1.82) is 0 Å². The highest BCUT2D eigenvalue weighted by molar-refractivity contribution is 7.98. The molecule has 0 bridgehead atoms. The van der Waals surface area contributed by atoms with E-state index in [0.29, 0.717) is 12.1 Å². The molecule has 1 aromatic rings. The summed E-state index contributed by atoms with van der Waals surface area (Å²) in [6.07, 6.45) is 3.66. The largest absolute Gasteiger partial charge is 0.370 e. The van der Waals surface area contributed by atoms with Crippen LogP contribution in [0.1, 0.15) is 17.3 Å². The Morgan fingerprint density at radius 3 is 3.06 bits per heavy atom. The van der Waals surface area contributed by atoms with Gasteiger partial charge in [0.1, 0.15) is 5.82 Å². The van der Waals surface area contributed by atoms with Crippen LogP contribution in [0.3, 0.4) is 0 Å². The standard InChI is InChI=1S/C11H17N3OS/c1-3-12-10-8-9(4-5-13-10)11(15)14-6-7-16-2/h4-5,8H,3,6-7H2,1-2H3,(H,12,13)(H,14,15). The third kappa shape index (κ3) is 4.10. The van der Waals surface area contributed by atoms with Crippen LogP contribution in [-0.2, 0) is 0 Å². The number of carbonyl (C=O) groups is 1. The smallest absolute Gasteiger partial charge is 0.251 e. The molecule has 4 nitrogen and oxygen atoms in total. The Balaban J connectivity index is 2.57. The van der Waals surface area contributed by atoms with E-state index in [-0.39, 0.29) is 5.91 Å². The third-order valence-electron chi connectivity index (χ3n) is 1.97. The monoisotopic (exact) mass is 239 g/mol. The van der Waals surface area contributed by atoms with Crippen LogP contribution in [0.15, 0.2) is 18.3 Å². The number of rotatable bonds is 6. The maximum absolute atomic E-state index is 11.7. The second kappa shape index (κ2) is 7.11. The highest BCUT2D eigenvalue weighted by Gasteiger charge is 2.05. The van der Waals surface area contributed by atoms with Crippen molar-refractivity contribution in [3.63, 3.8) is 0 Å². The van der Waals surface area contributed by atoms with E-state index in [1.54, 1.807) is 30.1 Å². The van der Waals surface area contributed by atoms with E-state index in [4.69, 9.17) is 0 Å². The first-order valence-electron chi connectivity index (χ1n) is 5.25. The van der Waals surface area contributed by atoms with Gasteiger partial charge in [0.25, 0.3) is 5.91 Å². The van der Waals surface area contributed by atoms with E-state index in [2.05, 4.69) is 15.6 Å². The van der Waals surface area contributed by atoms with E-state index in [1.165, 1.54) is 0 Å². The van der Waals surface area contributed by atoms with E-state index in [9.17, 15) is 4.79 Å². The van der Waals surface area contributed by atoms with Gasteiger partial charge >= 0.3 is 0 Å². The molecule has 1 heterocycles. The van der Waals surface area contributed by atoms with Gasteiger partial charge in [-0.15, -0.1) is 0 Å². The molecule has 0 radical (unpaired) electrons. The van der Waals surface area contributed by atoms with Crippen LogP contribution in [0.2, 0.25) is 0 Å². The van der Waals surface area contributed by atoms with Crippen molar-refractivity contribution >= 4 is 23.5 Å². The summed E-state index contributed by atoms with van der Waals surface area (Å²) in [5.74, 6) is 1.62. The fraction of sp³-hybridized carbons (Fsp3) is 0.455. The van der Waals surface area contributed by atoms with Gasteiger partial charge in [-0.3, -0.25) is 4.79 Å². The van der Waals surface area contributed by atoms with Gasteiger partial charge < -0.3 is 10.6 Å². The number of pyridine rings is 1. The lowest BCUT2D eigenvalue weighted by Gasteiger charge is -2.06. The lowest BCUT2D eigenvalue weighted by molar-refractivity contribution is 0.0956. The minimum absolute atomic E-state index is 0.0457. The lowest BCUT2D eigenvalue weighted by atomic mass is 10.2. The van der Waals surface area contributed by atoms with E-state index >= 15 is 0 Å². The maximum atomic E-state index is 11.7. The third-order valence-corrected chi connectivity index (χ3v) is 2.58. The van der Waals surface area contributed by atoms with Gasteiger partial charge in [0, 0.05) is 30.6 Å². The number of hydrogen-bond donors (Lipinski definition) is 2. The molecule has 16 heavy (non-hydrogen) atoms. The quantitative estimate of drug-likeness (QED) is 0.740. The van der Waals surface area contributed by atoms with Crippen LogP contribution >= 0.6 is 11.8 Å². The first-order chi connectivity index (χ1) is 7.77. The normalized spacial score (nSPS) is 9.88. The van der Waals surface area contributed by atoms with Crippen LogP contribution in [-0.4, -0.2) is 36.0 Å². The van der Waals surface area contributed by atoms with Crippen LogP contribution < -0.4 is 10.6 Å². The van der Waals surface area contributed by atoms with Crippen molar-refractivity contribution in [3.05, 3.63) is 23.9 Å². The Hall–Kier alpha value is -1.23. The van der Waals surface area contributed by atoms with Crippen molar-refractivity contribution < 1.29 is 4.79 Å². The first-order valence-corrected chi connectivity index (χ1v) is 6.64. The van der Waals surface area contributed by atoms with E-state index < -0.39 is 0 Å². The maximum Gasteiger partial charge on any atom is 0.251 e. The van der Waals surface area contributed by atoms with Gasteiger partial charge in [0.15, 0.2) is 0 Å². The van der Waals surface area contributed by atoms with Crippen LogP contribution in [0, 0.1) is 0 Å². The van der Waals surface area contributed by atoms with E-state index in [0.717, 1.165) is 18.1 Å². The molecule has 5 heteroatoms. The Labute approximate surface area is 100 Å². The Morgan fingerprint density at radius 1 is 1.56 bits per heavy atom. The molecule has 0 spiro atoms. The van der Waals surface area contributed by atoms with Gasteiger partial charge in [0.2, 0.25) is 0 Å². The zero-order valence-corrected chi connectivity index (χ0v) is 10.4. The summed E-state index contributed by atoms with van der Waals surface area (Å²) in [6, 6.07) is 3.48. The highest BCUT2D eigenvalue weighted by Crippen LogP contribution is 2.06. The molecule has 1 aromatic heterocycles. The second-order valence-corrected chi connectivity index (χ2v) is 4.19. The molecule has 0 aliphatic rings. The molecule has 0 fully saturated rings. The van der Waals surface area contributed by atoms with Crippen molar-refractivity contribution in [2.45, 2.75) is 6.92 Å². The molecule has 0 saturated heterocycles. The number of amides is 1. The van der Waals surface area contributed by atoms with Crippen molar-refractivity contribution in [1.82, 2.24) is 10.3 Å². The SMILES string of the molecule is CCNc1cc(C(=O)NCCSC)ccn1. The fourth-order valence-electron chi connectivity index (χ4n) is 1.22. The molecular weight excluding hydrogens is 222 g/mol. The fourth-order valence-corrected chi connectivity index (χ4v) is 1.52. The predicted molar refractivity (Wildman–Crippen MR) is 69.1 cm³/mol. The Bertz CT molecular complexity index is 344. The summed E-state index contributed by atoms with van der Waals surface area (Å²) in [5.41, 5.74) is 0.645. The van der Waals surface area contributed by atoms with Crippen molar-refractivity contribution in [2.24, 2.45) is 0 Å². The van der Waals surface area contributed by atoms with Gasteiger partial charge in [-0.05, 0) is 25.3 Å².